The van der Waals surface area contributed by atoms with E-state index in [2.05, 4.69) is 14.3 Å². The van der Waals surface area contributed by atoms with Crippen molar-refractivity contribution in [1.82, 2.24) is 14.3 Å². The zero-order valence-electron chi connectivity index (χ0n) is 19.4. The van der Waals surface area contributed by atoms with E-state index in [0.717, 1.165) is 11.5 Å². The van der Waals surface area contributed by atoms with Crippen LogP contribution in [0.3, 0.4) is 0 Å². The molecule has 0 saturated carbocycles. The highest BCUT2D eigenvalue weighted by Gasteiger charge is 2.49. The average Bonchev–Trinajstić information content (AvgIpc) is 3.20. The summed E-state index contributed by atoms with van der Waals surface area (Å²) in [6, 6.07) is 10.4. The second-order valence-electron chi connectivity index (χ2n) is 9.28. The quantitative estimate of drug-likeness (QED) is 0.336. The Bertz CT molecular complexity index is 1520. The molecule has 1 aliphatic heterocycles. The Kier molecular flexibility index (Phi) is 5.40. The molecule has 2 aromatic heterocycles. The van der Waals surface area contributed by atoms with Crippen LogP contribution in [0.4, 0.5) is 11.5 Å². The van der Waals surface area contributed by atoms with Crippen molar-refractivity contribution in [1.29, 1.82) is 0 Å². The van der Waals surface area contributed by atoms with Gasteiger partial charge in [0.05, 0.1) is 27.8 Å². The van der Waals surface area contributed by atoms with Gasteiger partial charge in [0, 0.05) is 17.6 Å². The lowest BCUT2D eigenvalue weighted by molar-refractivity contribution is -0.167. The molecule has 5 N–H and O–H groups in total. The van der Waals surface area contributed by atoms with Crippen molar-refractivity contribution in [3.05, 3.63) is 58.1 Å². The molecule has 11 heteroatoms. The highest BCUT2D eigenvalue weighted by molar-refractivity contribution is 7.14. The molecule has 2 aromatic carbocycles. The highest BCUT2D eigenvalue weighted by atomic mass is 32.1. The van der Waals surface area contributed by atoms with Gasteiger partial charge in [-0.3, -0.25) is 9.59 Å². The van der Waals surface area contributed by atoms with Gasteiger partial charge in [-0.1, -0.05) is 12.1 Å². The summed E-state index contributed by atoms with van der Waals surface area (Å²) >= 11 is 1.10. The number of nitrogen functional groups attached to an aromatic ring is 1. The number of nitrogens with zero attached hydrogens (tertiary/aromatic N) is 3. The van der Waals surface area contributed by atoms with E-state index in [-0.39, 0.29) is 19.0 Å². The molecule has 182 valence electrons. The van der Waals surface area contributed by atoms with Crippen LogP contribution < -0.4 is 16.2 Å². The largest absolute Gasteiger partial charge is 0.386 e. The molecule has 0 bridgehead atoms. The van der Waals surface area contributed by atoms with Crippen LogP contribution in [0.2, 0.25) is 0 Å². The normalized spacial score (nSPS) is 20.0. The minimum atomic E-state index is -1.70. The number of rotatable bonds is 4. The summed E-state index contributed by atoms with van der Waals surface area (Å²) in [4.78, 5) is 35.1. The highest BCUT2D eigenvalue weighted by Crippen LogP contribution is 2.36. The van der Waals surface area contributed by atoms with Crippen LogP contribution >= 0.6 is 11.5 Å². The summed E-state index contributed by atoms with van der Waals surface area (Å²) in [5.41, 5.74) is 4.18. The molecule has 35 heavy (non-hydrogen) atoms. The lowest BCUT2D eigenvalue weighted by atomic mass is 9.93. The Hall–Kier alpha value is -3.38. The Labute approximate surface area is 204 Å². The zero-order chi connectivity index (χ0) is 25.1. The van der Waals surface area contributed by atoms with Crippen LogP contribution in [0.5, 0.6) is 0 Å². The first-order chi connectivity index (χ1) is 16.5. The summed E-state index contributed by atoms with van der Waals surface area (Å²) in [5.74, 6) is -0.238. The summed E-state index contributed by atoms with van der Waals surface area (Å²) < 4.78 is 10.5. The predicted octanol–water partition coefficient (Wildman–Crippen LogP) is 2.20. The van der Waals surface area contributed by atoms with Gasteiger partial charge in [-0.2, -0.15) is 4.37 Å². The van der Waals surface area contributed by atoms with Crippen LogP contribution in [0.1, 0.15) is 38.3 Å². The number of aliphatic hydroxyl groups excluding tert-OH is 1. The molecule has 1 fully saturated rings. The first kappa shape index (κ1) is 23.4. The lowest BCUT2D eigenvalue weighted by Gasteiger charge is -2.41. The zero-order valence-corrected chi connectivity index (χ0v) is 20.2. The Morgan fingerprint density at radius 1 is 1.29 bits per heavy atom. The molecule has 5 rings (SSSR count). The van der Waals surface area contributed by atoms with Gasteiger partial charge in [0.2, 0.25) is 0 Å². The SMILES string of the molecule is CC(C)(O)c1cccc(N2CCO[C@](C)([C@@H](O)c3nc4ccc5c(N)nsc5c4c(=O)[nH]3)C2=O)c1. The molecular formula is C24H25N5O5S. The van der Waals surface area contributed by atoms with Crippen molar-refractivity contribution in [3.63, 3.8) is 0 Å². The predicted molar refractivity (Wildman–Crippen MR) is 133 cm³/mol. The topological polar surface area (TPSA) is 155 Å². The number of anilines is 2. The summed E-state index contributed by atoms with van der Waals surface area (Å²) in [6.07, 6.45) is -1.55. The van der Waals surface area contributed by atoms with E-state index < -0.39 is 28.8 Å². The maximum absolute atomic E-state index is 13.6. The number of hydrogen-bond acceptors (Lipinski definition) is 9. The van der Waals surface area contributed by atoms with Crippen LogP contribution in [-0.2, 0) is 15.1 Å². The number of benzene rings is 2. The molecule has 0 aliphatic carbocycles. The number of nitrogens with two attached hydrogens (primary N) is 1. The molecule has 4 aromatic rings. The van der Waals surface area contributed by atoms with Crippen molar-refractivity contribution < 1.29 is 19.7 Å². The van der Waals surface area contributed by atoms with Crippen LogP contribution in [0.25, 0.3) is 21.0 Å². The van der Waals surface area contributed by atoms with Crippen molar-refractivity contribution in [2.75, 3.05) is 23.8 Å². The maximum Gasteiger partial charge on any atom is 0.262 e. The second kappa shape index (κ2) is 8.09. The third kappa shape index (κ3) is 3.76. The molecule has 3 heterocycles. The summed E-state index contributed by atoms with van der Waals surface area (Å²) in [6.45, 7) is 5.23. The van der Waals surface area contributed by atoms with E-state index in [1.54, 1.807) is 50.2 Å². The second-order valence-corrected chi connectivity index (χ2v) is 10.1. The number of carbonyl (C=O) groups excluding carboxylic acids is 1. The molecule has 10 nitrogen and oxygen atoms in total. The molecule has 0 unspecified atom stereocenters. The number of morpholine rings is 1. The monoisotopic (exact) mass is 495 g/mol. The van der Waals surface area contributed by atoms with Crippen LogP contribution in [-0.4, -0.2) is 49.2 Å². The fraction of sp³-hybridized carbons (Fsp3) is 0.333. The molecule has 0 spiro atoms. The molecule has 0 radical (unpaired) electrons. The molecule has 2 atom stereocenters. The standard InChI is InChI=1S/C24H25N5O5S/c1-23(2,33)12-5-4-6-13(11-12)29-9-10-34-24(3,22(29)32)18(30)20-26-15-8-7-14-17(35-28-19(14)25)16(15)21(31)27-20/h4-8,11,18,30,33H,9-10H2,1-3H3,(H2,25,28)(H,26,27,31)/t18-,24+/m0/s1. The van der Waals surface area contributed by atoms with Gasteiger partial charge in [0.15, 0.2) is 5.60 Å². The first-order valence-electron chi connectivity index (χ1n) is 11.1. The third-order valence-electron chi connectivity index (χ3n) is 6.39. The van der Waals surface area contributed by atoms with Gasteiger partial charge in [-0.25, -0.2) is 4.98 Å². The van der Waals surface area contributed by atoms with Crippen molar-refractivity contribution in [2.24, 2.45) is 0 Å². The number of amides is 1. The van der Waals surface area contributed by atoms with E-state index in [1.165, 1.54) is 11.8 Å². The van der Waals surface area contributed by atoms with Crippen LogP contribution in [0.15, 0.2) is 41.2 Å². The van der Waals surface area contributed by atoms with Crippen LogP contribution in [0, 0.1) is 0 Å². The number of nitrogens with one attached hydrogen (secondary N) is 1. The molecule has 1 aliphatic rings. The van der Waals surface area contributed by atoms with Crippen molar-refractivity contribution >= 4 is 49.9 Å². The number of fused-ring (bicyclic) bond motifs is 3. The van der Waals surface area contributed by atoms with E-state index in [9.17, 15) is 19.8 Å². The number of aromatic nitrogens is 3. The minimum Gasteiger partial charge on any atom is -0.386 e. The first-order valence-corrected chi connectivity index (χ1v) is 11.8. The Balaban J connectivity index is 1.53. The summed E-state index contributed by atoms with van der Waals surface area (Å²) in [7, 11) is 0. The number of aliphatic hydroxyl groups is 2. The fourth-order valence-corrected chi connectivity index (χ4v) is 5.18. The maximum atomic E-state index is 13.6. The van der Waals surface area contributed by atoms with E-state index in [1.807, 2.05) is 0 Å². The van der Waals surface area contributed by atoms with E-state index in [0.29, 0.717) is 38.1 Å². The number of H-pyrrole nitrogens is 1. The molecule has 1 saturated heterocycles. The Morgan fingerprint density at radius 3 is 2.80 bits per heavy atom. The van der Waals surface area contributed by atoms with Gasteiger partial charge >= 0.3 is 0 Å². The van der Waals surface area contributed by atoms with Gasteiger partial charge < -0.3 is 30.6 Å². The average molecular weight is 496 g/mol. The fourth-order valence-electron chi connectivity index (χ4n) is 4.33. The lowest BCUT2D eigenvalue weighted by Crippen LogP contribution is -2.58. The van der Waals surface area contributed by atoms with Gasteiger partial charge in [-0.15, -0.1) is 0 Å². The van der Waals surface area contributed by atoms with E-state index in [4.69, 9.17) is 10.5 Å². The third-order valence-corrected chi connectivity index (χ3v) is 7.28. The minimum absolute atomic E-state index is 0.0812. The number of hydrogen-bond donors (Lipinski definition) is 4. The van der Waals surface area contributed by atoms with Crippen molar-refractivity contribution in [3.8, 4) is 0 Å². The van der Waals surface area contributed by atoms with Crippen molar-refractivity contribution in [2.45, 2.75) is 38.1 Å². The number of carbonyl (C=O) groups is 1. The van der Waals surface area contributed by atoms with Gasteiger partial charge in [-0.05, 0) is 62.1 Å². The number of ether oxygens (including phenoxy) is 1. The number of aromatic amines is 1. The van der Waals surface area contributed by atoms with Gasteiger partial charge in [0.1, 0.15) is 17.7 Å². The smallest absolute Gasteiger partial charge is 0.262 e. The molecule has 1 amide bonds. The van der Waals surface area contributed by atoms with E-state index >= 15 is 0 Å². The summed E-state index contributed by atoms with van der Waals surface area (Å²) in [5, 5.41) is 22.6. The molecular weight excluding hydrogens is 470 g/mol. The van der Waals surface area contributed by atoms with Gasteiger partial charge in [0.25, 0.3) is 11.5 Å². The Morgan fingerprint density at radius 2 is 2.06 bits per heavy atom.